The van der Waals surface area contributed by atoms with Crippen LogP contribution in [0.25, 0.3) is 82.3 Å². The van der Waals surface area contributed by atoms with Crippen LogP contribution in [0.2, 0.25) is 0 Å². The van der Waals surface area contributed by atoms with E-state index in [1.54, 1.807) is 0 Å². The van der Waals surface area contributed by atoms with Crippen molar-refractivity contribution in [1.82, 2.24) is 14.5 Å². The van der Waals surface area contributed by atoms with Gasteiger partial charge in [0.1, 0.15) is 5.82 Å². The lowest BCUT2D eigenvalue weighted by Crippen LogP contribution is -2.07. The van der Waals surface area contributed by atoms with E-state index in [-0.39, 0.29) is 5.92 Å². The molecule has 3 heteroatoms. The molecular weight excluding hydrogens is 607 g/mol. The Balaban J connectivity index is 1.19. The van der Waals surface area contributed by atoms with Crippen molar-refractivity contribution in [2.75, 3.05) is 0 Å². The third-order valence-corrected chi connectivity index (χ3v) is 10.6. The second kappa shape index (κ2) is 10.5. The molecule has 232 valence electrons. The second-order valence-corrected chi connectivity index (χ2v) is 13.3. The highest BCUT2D eigenvalue weighted by Gasteiger charge is 2.35. The molecule has 0 radical (unpaired) electrons. The lowest BCUT2D eigenvalue weighted by molar-refractivity contribution is 0.892. The van der Waals surface area contributed by atoms with E-state index >= 15 is 0 Å². The minimum Gasteiger partial charge on any atom is -0.309 e. The number of hydrogen-bond donors (Lipinski definition) is 0. The summed E-state index contributed by atoms with van der Waals surface area (Å²) < 4.78 is 2.37. The van der Waals surface area contributed by atoms with E-state index in [0.29, 0.717) is 0 Å². The molecular formula is C47H29N3. The van der Waals surface area contributed by atoms with Crippen LogP contribution in [-0.2, 0) is 0 Å². The first-order chi connectivity index (χ1) is 24.8. The Bertz CT molecular complexity index is 2910. The van der Waals surface area contributed by atoms with Gasteiger partial charge in [-0.3, -0.25) is 0 Å². The summed E-state index contributed by atoms with van der Waals surface area (Å²) in [5.74, 6) is 0.727. The first-order valence-corrected chi connectivity index (χ1v) is 17.2. The van der Waals surface area contributed by atoms with Gasteiger partial charge in [0.15, 0.2) is 0 Å². The summed E-state index contributed by atoms with van der Waals surface area (Å²) in [6, 6.07) is 61.2. The van der Waals surface area contributed by atoms with Crippen LogP contribution in [0.5, 0.6) is 0 Å². The molecule has 8 aromatic carbocycles. The number of para-hydroxylation sites is 3. The lowest BCUT2D eigenvalue weighted by atomic mass is 9.93. The van der Waals surface area contributed by atoms with Crippen molar-refractivity contribution in [2.24, 2.45) is 0 Å². The summed E-state index contributed by atoms with van der Waals surface area (Å²) in [5.41, 5.74) is 11.6. The van der Waals surface area contributed by atoms with Gasteiger partial charge >= 0.3 is 0 Å². The summed E-state index contributed by atoms with van der Waals surface area (Å²) in [5, 5.41) is 8.54. The van der Waals surface area contributed by atoms with E-state index in [1.807, 2.05) is 0 Å². The average Bonchev–Trinajstić information content (AvgIpc) is 3.71. The van der Waals surface area contributed by atoms with Crippen LogP contribution in [-0.4, -0.2) is 14.5 Å². The van der Waals surface area contributed by atoms with Crippen LogP contribution < -0.4 is 0 Å². The number of benzene rings is 8. The maximum atomic E-state index is 5.55. The molecule has 0 fully saturated rings. The van der Waals surface area contributed by atoms with Gasteiger partial charge in [-0.2, -0.15) is 0 Å². The Morgan fingerprint density at radius 3 is 1.72 bits per heavy atom. The smallest absolute Gasteiger partial charge is 0.141 e. The van der Waals surface area contributed by atoms with Gasteiger partial charge in [-0.1, -0.05) is 140 Å². The Morgan fingerprint density at radius 1 is 0.420 bits per heavy atom. The fourth-order valence-electron chi connectivity index (χ4n) is 8.48. The Morgan fingerprint density at radius 2 is 1.00 bits per heavy atom. The topological polar surface area (TPSA) is 30.7 Å². The fourth-order valence-corrected chi connectivity index (χ4v) is 8.48. The zero-order valence-electron chi connectivity index (χ0n) is 27.1. The molecule has 0 bridgehead atoms. The van der Waals surface area contributed by atoms with Gasteiger partial charge in [0.25, 0.3) is 0 Å². The van der Waals surface area contributed by atoms with Gasteiger partial charge in [0.05, 0.1) is 28.2 Å². The molecule has 0 N–H and O–H groups in total. The van der Waals surface area contributed by atoms with Gasteiger partial charge in [-0.15, -0.1) is 0 Å². The van der Waals surface area contributed by atoms with Crippen LogP contribution in [0.15, 0.2) is 170 Å². The van der Waals surface area contributed by atoms with Crippen molar-refractivity contribution >= 4 is 54.3 Å². The van der Waals surface area contributed by atoms with Crippen LogP contribution in [0.4, 0.5) is 0 Å². The first kappa shape index (κ1) is 27.4. The summed E-state index contributed by atoms with van der Waals surface area (Å²) in [7, 11) is 0. The maximum Gasteiger partial charge on any atom is 0.141 e. The number of rotatable bonds is 3. The molecule has 2 aromatic heterocycles. The van der Waals surface area contributed by atoms with E-state index in [0.717, 1.165) is 39.2 Å². The SMILES string of the molecule is c1ccc(-n2c3ccccc3c3ccc(-c4nc(C5c6ccc7ccccc7c6-c6c5ccc5ccccc65)nc5ccccc45)cc32)cc1. The number of nitrogens with zero attached hydrogens (tertiary/aromatic N) is 3. The van der Waals surface area contributed by atoms with Crippen LogP contribution in [0.3, 0.4) is 0 Å². The van der Waals surface area contributed by atoms with E-state index in [9.17, 15) is 0 Å². The van der Waals surface area contributed by atoms with Gasteiger partial charge in [-0.05, 0) is 74.1 Å². The molecule has 0 atom stereocenters. The molecule has 11 rings (SSSR count). The molecule has 0 saturated heterocycles. The summed E-state index contributed by atoms with van der Waals surface area (Å²) in [6.45, 7) is 0. The van der Waals surface area contributed by atoms with E-state index < -0.39 is 0 Å². The van der Waals surface area contributed by atoms with Crippen molar-refractivity contribution in [3.05, 3.63) is 187 Å². The molecule has 50 heavy (non-hydrogen) atoms. The second-order valence-electron chi connectivity index (χ2n) is 13.3. The monoisotopic (exact) mass is 635 g/mol. The van der Waals surface area contributed by atoms with Crippen molar-refractivity contribution in [1.29, 1.82) is 0 Å². The number of fused-ring (bicyclic) bond motifs is 11. The normalized spacial score (nSPS) is 12.7. The predicted molar refractivity (Wildman–Crippen MR) is 207 cm³/mol. The molecule has 0 spiro atoms. The fraction of sp³-hybridized carbons (Fsp3) is 0.0213. The minimum absolute atomic E-state index is 0.0999. The van der Waals surface area contributed by atoms with Crippen molar-refractivity contribution in [3.8, 4) is 28.1 Å². The van der Waals surface area contributed by atoms with Crippen LogP contribution in [0, 0.1) is 0 Å². The van der Waals surface area contributed by atoms with Crippen molar-refractivity contribution in [3.63, 3.8) is 0 Å². The third kappa shape index (κ3) is 3.86. The number of hydrogen-bond acceptors (Lipinski definition) is 2. The van der Waals surface area contributed by atoms with Gasteiger partial charge in [0, 0.05) is 27.4 Å². The third-order valence-electron chi connectivity index (χ3n) is 10.6. The van der Waals surface area contributed by atoms with Crippen molar-refractivity contribution < 1.29 is 0 Å². The molecule has 1 aliphatic rings. The largest absolute Gasteiger partial charge is 0.309 e. The highest BCUT2D eigenvalue weighted by Crippen LogP contribution is 2.53. The molecule has 3 nitrogen and oxygen atoms in total. The molecule has 0 aliphatic heterocycles. The van der Waals surface area contributed by atoms with Gasteiger partial charge in [-0.25, -0.2) is 9.97 Å². The minimum atomic E-state index is -0.0999. The predicted octanol–water partition coefficient (Wildman–Crippen LogP) is 11.9. The number of aromatic nitrogens is 3. The summed E-state index contributed by atoms with van der Waals surface area (Å²) in [6.07, 6.45) is 0. The standard InChI is InChI=1S/C47H29N3/c1-2-14-32(15-3-1)50-41-21-11-9-18-35(41)36-25-24-31(28-42(36)50)46-37-19-8-10-20-40(37)48-47(49-46)45-38-26-22-29-12-4-6-16-33(29)43(38)44-34-17-7-5-13-30(34)23-27-39(44)45/h1-28,45H. The molecule has 2 heterocycles. The van der Waals surface area contributed by atoms with E-state index in [4.69, 9.17) is 9.97 Å². The van der Waals surface area contributed by atoms with Gasteiger partial charge < -0.3 is 4.57 Å². The van der Waals surface area contributed by atoms with Crippen LogP contribution in [0.1, 0.15) is 22.9 Å². The first-order valence-electron chi connectivity index (χ1n) is 17.2. The lowest BCUT2D eigenvalue weighted by Gasteiger charge is -2.16. The maximum absolute atomic E-state index is 5.55. The highest BCUT2D eigenvalue weighted by atomic mass is 15.0. The van der Waals surface area contributed by atoms with Crippen LogP contribution >= 0.6 is 0 Å². The van der Waals surface area contributed by atoms with E-state index in [2.05, 4.69) is 174 Å². The summed E-state index contributed by atoms with van der Waals surface area (Å²) >= 11 is 0. The van der Waals surface area contributed by atoms with Crippen molar-refractivity contribution in [2.45, 2.75) is 5.92 Å². The highest BCUT2D eigenvalue weighted by molar-refractivity contribution is 6.12. The molecule has 10 aromatic rings. The Kier molecular flexibility index (Phi) is 5.73. The van der Waals surface area contributed by atoms with Gasteiger partial charge in [0.2, 0.25) is 0 Å². The zero-order chi connectivity index (χ0) is 32.8. The Hall–Kier alpha value is -6.58. The average molecular weight is 636 g/mol. The quantitative estimate of drug-likeness (QED) is 0.193. The Labute approximate surface area is 288 Å². The molecule has 0 unspecified atom stereocenters. The molecule has 1 aliphatic carbocycles. The van der Waals surface area contributed by atoms with E-state index in [1.165, 1.54) is 60.1 Å². The molecule has 0 amide bonds. The molecule has 0 saturated carbocycles. The summed E-state index contributed by atoms with van der Waals surface area (Å²) in [4.78, 5) is 10.9. The zero-order valence-corrected chi connectivity index (χ0v) is 27.1.